The van der Waals surface area contributed by atoms with Crippen LogP contribution in [0.3, 0.4) is 0 Å². The van der Waals surface area contributed by atoms with Crippen LogP contribution >= 0.6 is 0 Å². The third-order valence-corrected chi connectivity index (χ3v) is 2.67. The van der Waals surface area contributed by atoms with E-state index in [-0.39, 0.29) is 5.56 Å². The predicted octanol–water partition coefficient (Wildman–Crippen LogP) is 0.662. The average Bonchev–Trinajstić information content (AvgIpc) is 2.02. The van der Waals surface area contributed by atoms with Crippen LogP contribution in [-0.2, 0) is 6.18 Å². The molecule has 1 atom stereocenters. The zero-order chi connectivity index (χ0) is 10.9. The molecule has 0 spiro atoms. The Balaban J connectivity index is 3.27. The van der Waals surface area contributed by atoms with Crippen LogP contribution < -0.4 is 4.35 Å². The molecule has 0 aliphatic heterocycles. The van der Waals surface area contributed by atoms with E-state index in [1.165, 1.54) is 6.07 Å². The van der Waals surface area contributed by atoms with Gasteiger partial charge in [-0.1, -0.05) is 0 Å². The van der Waals surface area contributed by atoms with E-state index in [1.54, 1.807) is 0 Å². The maximum absolute atomic E-state index is 12.2. The minimum absolute atomic E-state index is 0.292. The van der Waals surface area contributed by atoms with E-state index in [0.29, 0.717) is 10.4 Å². The van der Waals surface area contributed by atoms with Gasteiger partial charge in [-0.25, -0.2) is 0 Å². The van der Waals surface area contributed by atoms with Crippen molar-refractivity contribution in [2.45, 2.75) is 6.18 Å². The zero-order valence-electron chi connectivity index (χ0n) is 6.80. The molecule has 14 heavy (non-hydrogen) atoms. The fourth-order valence-electron chi connectivity index (χ4n) is 0.918. The number of aromatic carboxylic acids is 1. The molecule has 0 bridgehead atoms. The molecule has 76 valence electrons. The maximum atomic E-state index is 12.2. The van der Waals surface area contributed by atoms with Crippen molar-refractivity contribution in [3.8, 4) is 0 Å². The Hall–Kier alpha value is -0.962. The minimum atomic E-state index is -4.50. The fraction of sp³-hybridized carbons (Fsp3) is 0.125. The molecule has 0 saturated heterocycles. The van der Waals surface area contributed by atoms with E-state index in [2.05, 4.69) is 0 Å². The van der Waals surface area contributed by atoms with Gasteiger partial charge < -0.3 is 0 Å². The summed E-state index contributed by atoms with van der Waals surface area (Å²) in [6, 6.07) is 2.70. The van der Waals surface area contributed by atoms with E-state index in [9.17, 15) is 18.0 Å². The van der Waals surface area contributed by atoms with E-state index >= 15 is 0 Å². The molecule has 0 fully saturated rings. The van der Waals surface area contributed by atoms with Crippen molar-refractivity contribution in [2.24, 2.45) is 0 Å². The topological polar surface area (TPSA) is 37.3 Å². The van der Waals surface area contributed by atoms with E-state index < -0.39 is 17.7 Å². The van der Waals surface area contributed by atoms with E-state index in [0.717, 1.165) is 22.9 Å². The van der Waals surface area contributed by atoms with Crippen LogP contribution in [-0.4, -0.2) is 27.9 Å². The predicted molar refractivity (Wildman–Crippen MR) is 46.6 cm³/mol. The Labute approximate surface area is 86.2 Å². The van der Waals surface area contributed by atoms with Crippen LogP contribution in [0.1, 0.15) is 15.9 Å². The fourth-order valence-corrected chi connectivity index (χ4v) is 1.55. The number of carboxylic acids is 1. The van der Waals surface area contributed by atoms with Crippen molar-refractivity contribution in [1.29, 1.82) is 0 Å². The van der Waals surface area contributed by atoms with Crippen LogP contribution in [0.5, 0.6) is 0 Å². The third-order valence-electron chi connectivity index (χ3n) is 1.61. The number of hydrogen-bond donors (Lipinski definition) is 1. The number of rotatable bonds is 1. The molecular formula is C8H6AsF3O2. The quantitative estimate of drug-likeness (QED) is 0.758. The zero-order valence-corrected chi connectivity index (χ0v) is 9.22. The van der Waals surface area contributed by atoms with E-state index in [1.807, 2.05) is 0 Å². The monoisotopic (exact) mass is 266 g/mol. The molecule has 1 N–H and O–H groups in total. The van der Waals surface area contributed by atoms with Gasteiger partial charge in [-0.2, -0.15) is 0 Å². The first-order valence-electron chi connectivity index (χ1n) is 3.52. The first kappa shape index (κ1) is 11.1. The molecule has 1 aromatic carbocycles. The summed E-state index contributed by atoms with van der Waals surface area (Å²) in [7, 11) is 0. The van der Waals surface area contributed by atoms with Gasteiger partial charge in [0.15, 0.2) is 0 Å². The Kier molecular flexibility index (Phi) is 2.90. The second-order valence-electron chi connectivity index (χ2n) is 2.60. The molecule has 0 heterocycles. The number of hydrogen-bond acceptors (Lipinski definition) is 1. The van der Waals surface area contributed by atoms with Gasteiger partial charge in [0.05, 0.1) is 0 Å². The van der Waals surface area contributed by atoms with Gasteiger partial charge in [0, 0.05) is 0 Å². The van der Waals surface area contributed by atoms with Crippen molar-refractivity contribution >= 4 is 27.2 Å². The summed E-state index contributed by atoms with van der Waals surface area (Å²) in [5.41, 5.74) is -1.23. The Morgan fingerprint density at radius 1 is 1.36 bits per heavy atom. The average molecular weight is 266 g/mol. The molecule has 0 aliphatic rings. The Morgan fingerprint density at radius 3 is 2.36 bits per heavy atom. The summed E-state index contributed by atoms with van der Waals surface area (Å²) in [5, 5.41) is 8.60. The summed E-state index contributed by atoms with van der Waals surface area (Å²) in [4.78, 5) is 10.5. The summed E-state index contributed by atoms with van der Waals surface area (Å²) in [6.07, 6.45) is -4.50. The number of alkyl halides is 3. The summed E-state index contributed by atoms with van der Waals surface area (Å²) < 4.78 is 36.9. The second kappa shape index (κ2) is 3.65. The van der Waals surface area contributed by atoms with Crippen molar-refractivity contribution in [2.75, 3.05) is 0 Å². The molecule has 1 rings (SSSR count). The second-order valence-corrected chi connectivity index (χ2v) is 3.91. The van der Waals surface area contributed by atoms with Crippen LogP contribution in [0, 0.1) is 0 Å². The molecule has 0 aromatic heterocycles. The number of halogens is 3. The van der Waals surface area contributed by atoms with Gasteiger partial charge in [0.25, 0.3) is 0 Å². The Morgan fingerprint density at radius 2 is 1.93 bits per heavy atom. The molecule has 0 saturated carbocycles. The molecular weight excluding hydrogens is 260 g/mol. The van der Waals surface area contributed by atoms with Gasteiger partial charge in [-0.05, 0) is 0 Å². The molecule has 2 nitrogen and oxygen atoms in total. The van der Waals surface area contributed by atoms with Gasteiger partial charge in [0.2, 0.25) is 0 Å². The normalized spacial score (nSPS) is 11.4. The molecule has 0 radical (unpaired) electrons. The van der Waals surface area contributed by atoms with Crippen LogP contribution in [0.4, 0.5) is 13.2 Å². The van der Waals surface area contributed by atoms with Gasteiger partial charge >= 0.3 is 85.7 Å². The standard InChI is InChI=1S/C8H6AsF3O2/c9-6-2-1-4(8(10,11)12)3-5(6)7(13)14/h1-3H,9H2,(H,13,14). The first-order valence-corrected chi connectivity index (χ1v) is 4.73. The molecule has 6 heteroatoms. The molecule has 0 amide bonds. The van der Waals surface area contributed by atoms with Crippen LogP contribution in [0.25, 0.3) is 0 Å². The van der Waals surface area contributed by atoms with Crippen molar-refractivity contribution in [3.05, 3.63) is 29.3 Å². The SMILES string of the molecule is O=C(O)c1cc(C(F)(F)F)ccc1[AsH2]. The summed E-state index contributed by atoms with van der Waals surface area (Å²) in [6.45, 7) is 0. The van der Waals surface area contributed by atoms with Gasteiger partial charge in [-0.15, -0.1) is 0 Å². The van der Waals surface area contributed by atoms with Gasteiger partial charge in [-0.3, -0.25) is 0 Å². The first-order chi connectivity index (χ1) is 6.32. The number of carboxylic acid groups (broad SMARTS) is 1. The number of carbonyl (C=O) groups is 1. The van der Waals surface area contributed by atoms with Crippen LogP contribution in [0.2, 0.25) is 0 Å². The van der Waals surface area contributed by atoms with Crippen molar-refractivity contribution < 1.29 is 23.1 Å². The van der Waals surface area contributed by atoms with Gasteiger partial charge in [0.1, 0.15) is 0 Å². The van der Waals surface area contributed by atoms with Crippen molar-refractivity contribution in [3.63, 3.8) is 0 Å². The summed E-state index contributed by atoms with van der Waals surface area (Å²) in [5.74, 6) is -1.34. The molecule has 1 unspecified atom stereocenters. The molecule has 1 aromatic rings. The van der Waals surface area contributed by atoms with Crippen molar-refractivity contribution in [1.82, 2.24) is 0 Å². The Bertz CT molecular complexity index is 373. The van der Waals surface area contributed by atoms with E-state index in [4.69, 9.17) is 5.11 Å². The number of benzene rings is 1. The summed E-state index contributed by atoms with van der Waals surface area (Å²) >= 11 is 0.981. The van der Waals surface area contributed by atoms with Crippen LogP contribution in [0.15, 0.2) is 18.2 Å². The third kappa shape index (κ3) is 2.29. The molecule has 0 aliphatic carbocycles.